The number of nitrogens with zero attached hydrogens (tertiary/aromatic N) is 1. The molecule has 0 spiro atoms. The van der Waals surface area contributed by atoms with Gasteiger partial charge in [0.15, 0.2) is 0 Å². The molecule has 0 aromatic carbocycles. The Labute approximate surface area is 134 Å². The molecule has 0 aliphatic rings. The summed E-state index contributed by atoms with van der Waals surface area (Å²) >= 11 is 0. The average molecular weight is 376 g/mol. The van der Waals surface area contributed by atoms with E-state index in [9.17, 15) is 26.4 Å². The van der Waals surface area contributed by atoms with Crippen molar-refractivity contribution < 1.29 is 39.9 Å². The van der Waals surface area contributed by atoms with Gasteiger partial charge >= 0.3 is 16.4 Å². The topological polar surface area (TPSA) is 170 Å². The molecular formula is C10H20N2O9S2. The lowest BCUT2D eigenvalue weighted by Gasteiger charge is -2.26. The van der Waals surface area contributed by atoms with Crippen LogP contribution in [0.3, 0.4) is 0 Å². The molecule has 0 heterocycles. The van der Waals surface area contributed by atoms with Crippen molar-refractivity contribution in [3.8, 4) is 0 Å². The van der Waals surface area contributed by atoms with Gasteiger partial charge in [-0.3, -0.25) is 13.5 Å². The molecule has 13 heteroatoms. The second-order valence-electron chi connectivity index (χ2n) is 5.59. The molecule has 0 saturated carbocycles. The first kappa shape index (κ1) is 21.7. The highest BCUT2D eigenvalue weighted by Gasteiger charge is 2.41. The van der Waals surface area contributed by atoms with Gasteiger partial charge in [-0.2, -0.15) is 16.8 Å². The van der Waals surface area contributed by atoms with E-state index < -0.39 is 54.5 Å². The molecule has 2 amide bonds. The summed E-state index contributed by atoms with van der Waals surface area (Å²) in [5.74, 6) is -1.61. The SMILES string of the molecule is C[C@@H](OS(C)(=O)=O)[C@H](N)C(=O)N(C(=O)OC(C)(C)C)S(=O)(=O)O. The molecule has 0 aromatic rings. The van der Waals surface area contributed by atoms with Gasteiger partial charge in [-0.25, -0.2) is 4.79 Å². The molecule has 0 unspecified atom stereocenters. The van der Waals surface area contributed by atoms with E-state index in [-0.39, 0.29) is 0 Å². The van der Waals surface area contributed by atoms with Crippen molar-refractivity contribution in [3.05, 3.63) is 0 Å². The molecule has 0 aromatic heterocycles. The highest BCUT2D eigenvalue weighted by Crippen LogP contribution is 2.14. The van der Waals surface area contributed by atoms with Gasteiger partial charge in [0.05, 0.1) is 12.4 Å². The summed E-state index contributed by atoms with van der Waals surface area (Å²) in [7, 11) is -9.32. The lowest BCUT2D eigenvalue weighted by molar-refractivity contribution is -0.129. The molecule has 23 heavy (non-hydrogen) atoms. The van der Waals surface area contributed by atoms with Crippen molar-refractivity contribution in [1.82, 2.24) is 4.31 Å². The van der Waals surface area contributed by atoms with Crippen LogP contribution in [0.2, 0.25) is 0 Å². The van der Waals surface area contributed by atoms with Crippen LogP contribution in [-0.4, -0.2) is 61.7 Å². The van der Waals surface area contributed by atoms with Crippen LogP contribution in [0.1, 0.15) is 27.7 Å². The Morgan fingerprint density at radius 1 is 1.17 bits per heavy atom. The van der Waals surface area contributed by atoms with Crippen LogP contribution in [0.25, 0.3) is 0 Å². The van der Waals surface area contributed by atoms with Crippen molar-refractivity contribution in [2.24, 2.45) is 5.73 Å². The second-order valence-corrected chi connectivity index (χ2v) is 8.45. The molecule has 3 N–H and O–H groups in total. The van der Waals surface area contributed by atoms with Gasteiger partial charge in [0.2, 0.25) is 0 Å². The standard InChI is InChI=1S/C10H20N2O9S2/c1-6(21-22(5,15)16)7(11)8(13)12(23(17,18)19)9(14)20-10(2,3)4/h6-7H,11H2,1-5H3,(H,17,18,19)/t6-,7+/m1/s1. The predicted octanol–water partition coefficient (Wildman–Crippen LogP) is -0.755. The fourth-order valence-electron chi connectivity index (χ4n) is 1.27. The Hall–Kier alpha value is -1.28. The van der Waals surface area contributed by atoms with Gasteiger partial charge < -0.3 is 10.5 Å². The molecule has 0 aliphatic heterocycles. The number of nitrogens with two attached hydrogens (primary N) is 1. The number of hydrogen-bond acceptors (Lipinski definition) is 9. The van der Waals surface area contributed by atoms with Crippen LogP contribution in [0, 0.1) is 0 Å². The maximum atomic E-state index is 12.0. The van der Waals surface area contributed by atoms with Crippen LogP contribution in [0.15, 0.2) is 0 Å². The van der Waals surface area contributed by atoms with Crippen LogP contribution < -0.4 is 5.73 Å². The number of rotatable bonds is 5. The van der Waals surface area contributed by atoms with Crippen molar-refractivity contribution in [2.75, 3.05) is 6.26 Å². The largest absolute Gasteiger partial charge is 0.443 e. The fraction of sp³-hybridized carbons (Fsp3) is 0.800. The number of hydrogen-bond donors (Lipinski definition) is 2. The number of amides is 2. The van der Waals surface area contributed by atoms with E-state index in [0.717, 1.165) is 6.92 Å². The Morgan fingerprint density at radius 3 is 1.91 bits per heavy atom. The Bertz CT molecular complexity index is 663. The number of carbonyl (C=O) groups is 2. The first-order valence-corrected chi connectivity index (χ1v) is 9.35. The third-order valence-corrected chi connectivity index (χ3v) is 3.55. The summed E-state index contributed by atoms with van der Waals surface area (Å²) in [6.45, 7) is 5.26. The van der Waals surface area contributed by atoms with Gasteiger partial charge in [-0.1, -0.05) is 0 Å². The normalized spacial score (nSPS) is 15.6. The summed E-state index contributed by atoms with van der Waals surface area (Å²) in [4.78, 5) is 23.8. The van der Waals surface area contributed by atoms with Gasteiger partial charge in [-0.05, 0) is 27.7 Å². The Morgan fingerprint density at radius 2 is 1.61 bits per heavy atom. The molecule has 0 radical (unpaired) electrons. The summed E-state index contributed by atoms with van der Waals surface area (Å²) in [6, 6.07) is -1.88. The number of ether oxygens (including phenoxy) is 1. The zero-order chi connectivity index (χ0) is 18.8. The number of carbonyl (C=O) groups excluding carboxylic acids is 2. The third kappa shape index (κ3) is 7.69. The Balaban J connectivity index is 5.52. The number of imide groups is 1. The van der Waals surface area contributed by atoms with Crippen LogP contribution >= 0.6 is 0 Å². The van der Waals surface area contributed by atoms with Crippen molar-refractivity contribution >= 4 is 32.4 Å². The third-order valence-electron chi connectivity index (χ3n) is 2.11. The molecular weight excluding hydrogens is 356 g/mol. The predicted molar refractivity (Wildman–Crippen MR) is 78.0 cm³/mol. The minimum absolute atomic E-state index is 0.592. The fourth-order valence-corrected chi connectivity index (χ4v) is 2.52. The maximum absolute atomic E-state index is 12.0. The monoisotopic (exact) mass is 376 g/mol. The summed E-state index contributed by atoms with van der Waals surface area (Å²) in [5, 5.41) is 0. The molecule has 136 valence electrons. The smallest absolute Gasteiger partial charge is 0.433 e. The van der Waals surface area contributed by atoms with Crippen molar-refractivity contribution in [1.29, 1.82) is 0 Å². The van der Waals surface area contributed by atoms with Crippen LogP contribution in [0.5, 0.6) is 0 Å². The second kappa shape index (κ2) is 7.09. The van der Waals surface area contributed by atoms with E-state index in [4.69, 9.17) is 15.0 Å². The van der Waals surface area contributed by atoms with Crippen LogP contribution in [0.4, 0.5) is 4.79 Å². The minimum Gasteiger partial charge on any atom is -0.443 e. The van der Waals surface area contributed by atoms with E-state index in [1.807, 2.05) is 0 Å². The van der Waals surface area contributed by atoms with Crippen molar-refractivity contribution in [2.45, 2.75) is 45.4 Å². The minimum atomic E-state index is -5.33. The molecule has 0 bridgehead atoms. The quantitative estimate of drug-likeness (QED) is 0.459. The van der Waals surface area contributed by atoms with E-state index in [2.05, 4.69) is 4.18 Å². The van der Waals surface area contributed by atoms with E-state index in [1.165, 1.54) is 20.8 Å². The molecule has 0 rings (SSSR count). The molecule has 0 aliphatic carbocycles. The first-order valence-electron chi connectivity index (χ1n) is 6.14. The van der Waals surface area contributed by atoms with E-state index >= 15 is 0 Å². The zero-order valence-electron chi connectivity index (χ0n) is 13.2. The lowest BCUT2D eigenvalue weighted by Crippen LogP contribution is -2.54. The molecule has 0 fully saturated rings. The van der Waals surface area contributed by atoms with Gasteiger partial charge in [0, 0.05) is 0 Å². The van der Waals surface area contributed by atoms with E-state index in [1.54, 1.807) is 0 Å². The average Bonchev–Trinajstić information content (AvgIpc) is 2.20. The highest BCUT2D eigenvalue weighted by molar-refractivity contribution is 7.86. The molecule has 11 nitrogen and oxygen atoms in total. The van der Waals surface area contributed by atoms with Crippen LogP contribution in [-0.2, 0) is 34.1 Å². The molecule has 0 saturated heterocycles. The van der Waals surface area contributed by atoms with Crippen molar-refractivity contribution in [3.63, 3.8) is 0 Å². The van der Waals surface area contributed by atoms with Gasteiger partial charge in [-0.15, -0.1) is 4.31 Å². The summed E-state index contributed by atoms with van der Waals surface area (Å²) in [6.07, 6.45) is -2.49. The highest BCUT2D eigenvalue weighted by atomic mass is 32.2. The lowest BCUT2D eigenvalue weighted by atomic mass is 10.2. The molecule has 2 atom stereocenters. The Kier molecular flexibility index (Phi) is 6.69. The zero-order valence-corrected chi connectivity index (χ0v) is 14.8. The summed E-state index contributed by atoms with van der Waals surface area (Å²) < 4.78 is 62.1. The first-order chi connectivity index (χ1) is 9.96. The van der Waals surface area contributed by atoms with Gasteiger partial charge in [0.25, 0.3) is 16.0 Å². The maximum Gasteiger partial charge on any atom is 0.433 e. The van der Waals surface area contributed by atoms with E-state index in [0.29, 0.717) is 6.26 Å². The van der Waals surface area contributed by atoms with Gasteiger partial charge in [0.1, 0.15) is 11.6 Å². The summed E-state index contributed by atoms with van der Waals surface area (Å²) in [5.41, 5.74) is 4.24.